The molecule has 0 saturated heterocycles. The Kier molecular flexibility index (Phi) is 7.60. The van der Waals surface area contributed by atoms with E-state index in [1.54, 1.807) is 26.3 Å². The summed E-state index contributed by atoms with van der Waals surface area (Å²) in [4.78, 5) is 15.2. The maximum absolute atomic E-state index is 11.2. The number of carbonyl (C=O) groups is 1. The fourth-order valence-corrected chi connectivity index (χ4v) is 1.74. The molecule has 2 N–H and O–H groups in total. The largest absolute Gasteiger partial charge is 0.478 e. The number of aromatic nitrogens is 1. The van der Waals surface area contributed by atoms with E-state index >= 15 is 0 Å². The van der Waals surface area contributed by atoms with E-state index < -0.39 is 5.97 Å². The fourth-order valence-electron chi connectivity index (χ4n) is 1.74. The van der Waals surface area contributed by atoms with E-state index in [0.29, 0.717) is 37.7 Å². The van der Waals surface area contributed by atoms with Crippen LogP contribution in [0.15, 0.2) is 12.3 Å². The van der Waals surface area contributed by atoms with Crippen LogP contribution in [-0.4, -0.2) is 49.5 Å². The summed E-state index contributed by atoms with van der Waals surface area (Å²) in [5.41, 5.74) is 0.946. The van der Waals surface area contributed by atoms with Crippen molar-refractivity contribution in [1.82, 2.24) is 4.98 Å². The van der Waals surface area contributed by atoms with Gasteiger partial charge in [0.1, 0.15) is 11.4 Å². The first-order chi connectivity index (χ1) is 9.66. The van der Waals surface area contributed by atoms with Gasteiger partial charge in [0, 0.05) is 26.5 Å². The lowest BCUT2D eigenvalue weighted by atomic mass is 10.1. The molecule has 0 amide bonds. The van der Waals surface area contributed by atoms with Gasteiger partial charge in [-0.1, -0.05) is 0 Å². The quantitative estimate of drug-likeness (QED) is 0.638. The van der Waals surface area contributed by atoms with Gasteiger partial charge in [-0.3, -0.25) is 0 Å². The zero-order valence-electron chi connectivity index (χ0n) is 12.0. The summed E-state index contributed by atoms with van der Waals surface area (Å²) < 4.78 is 10.2. The molecule has 0 fully saturated rings. The minimum atomic E-state index is -0.957. The molecule has 6 nitrogen and oxygen atoms in total. The maximum atomic E-state index is 11.2. The van der Waals surface area contributed by atoms with Crippen molar-refractivity contribution in [1.29, 1.82) is 0 Å². The molecule has 0 saturated carbocycles. The van der Waals surface area contributed by atoms with E-state index in [0.717, 1.165) is 12.8 Å². The van der Waals surface area contributed by atoms with Crippen molar-refractivity contribution in [2.24, 2.45) is 0 Å². The molecule has 0 aliphatic heterocycles. The number of ether oxygens (including phenoxy) is 2. The van der Waals surface area contributed by atoms with Crippen LogP contribution >= 0.6 is 0 Å². The number of anilines is 1. The summed E-state index contributed by atoms with van der Waals surface area (Å²) in [5.74, 6) is -0.529. The Morgan fingerprint density at radius 1 is 1.35 bits per heavy atom. The van der Waals surface area contributed by atoms with Gasteiger partial charge in [-0.15, -0.1) is 0 Å². The topological polar surface area (TPSA) is 80.7 Å². The molecule has 1 heterocycles. The van der Waals surface area contributed by atoms with E-state index in [1.807, 2.05) is 0 Å². The van der Waals surface area contributed by atoms with Crippen molar-refractivity contribution >= 4 is 11.8 Å². The molecule has 0 aliphatic rings. The van der Waals surface area contributed by atoms with Crippen LogP contribution in [0.25, 0.3) is 0 Å². The lowest BCUT2D eigenvalue weighted by Crippen LogP contribution is -2.11. The van der Waals surface area contributed by atoms with Crippen molar-refractivity contribution < 1.29 is 19.4 Å². The number of nitrogens with one attached hydrogen (secondary N) is 1. The predicted molar refractivity (Wildman–Crippen MR) is 76.4 cm³/mol. The average Bonchev–Trinajstić information content (AvgIpc) is 2.41. The second kappa shape index (κ2) is 9.28. The third-order valence-corrected chi connectivity index (χ3v) is 2.81. The van der Waals surface area contributed by atoms with Crippen LogP contribution in [0.2, 0.25) is 0 Å². The van der Waals surface area contributed by atoms with E-state index in [4.69, 9.17) is 14.6 Å². The number of aryl methyl sites for hydroxylation is 1. The van der Waals surface area contributed by atoms with E-state index in [9.17, 15) is 4.79 Å². The average molecular weight is 282 g/mol. The van der Waals surface area contributed by atoms with Gasteiger partial charge < -0.3 is 19.9 Å². The molecule has 1 aromatic heterocycles. The van der Waals surface area contributed by atoms with Crippen LogP contribution in [-0.2, 0) is 9.47 Å². The summed E-state index contributed by atoms with van der Waals surface area (Å²) in [6, 6.07) is 1.69. The summed E-state index contributed by atoms with van der Waals surface area (Å²) in [6.07, 6.45) is 3.41. The minimum absolute atomic E-state index is 0.240. The van der Waals surface area contributed by atoms with Crippen LogP contribution < -0.4 is 5.32 Å². The number of carboxylic acid groups (broad SMARTS) is 1. The van der Waals surface area contributed by atoms with E-state index in [-0.39, 0.29) is 5.56 Å². The number of nitrogens with zero attached hydrogens (tertiary/aromatic N) is 1. The Labute approximate surface area is 119 Å². The summed E-state index contributed by atoms with van der Waals surface area (Å²) in [5, 5.41) is 12.2. The molecule has 0 radical (unpaired) electrons. The molecule has 6 heteroatoms. The molecular formula is C14H22N2O4. The van der Waals surface area contributed by atoms with Crippen LogP contribution in [0, 0.1) is 6.92 Å². The van der Waals surface area contributed by atoms with Gasteiger partial charge in [0.15, 0.2) is 0 Å². The number of methoxy groups -OCH3 is 1. The molecule has 0 unspecified atom stereocenters. The molecule has 0 bridgehead atoms. The Hall–Kier alpha value is -1.66. The smallest absolute Gasteiger partial charge is 0.339 e. The standard InChI is InChI=1S/C14H22N2O4/c1-11-5-7-16-13(12(11)14(17)18)15-6-3-4-8-20-10-9-19-2/h5,7H,3-4,6,8-10H2,1-2H3,(H,15,16)(H,17,18). The summed E-state index contributed by atoms with van der Waals surface area (Å²) in [6.45, 7) is 4.32. The van der Waals surface area contributed by atoms with Crippen LogP contribution in [0.1, 0.15) is 28.8 Å². The molecule has 0 aromatic carbocycles. The van der Waals surface area contributed by atoms with Gasteiger partial charge in [-0.25, -0.2) is 9.78 Å². The Balaban J connectivity index is 2.29. The highest BCUT2D eigenvalue weighted by molar-refractivity contribution is 5.94. The molecule has 0 atom stereocenters. The first-order valence-electron chi connectivity index (χ1n) is 6.66. The molecule has 0 aliphatic carbocycles. The third kappa shape index (κ3) is 5.54. The third-order valence-electron chi connectivity index (χ3n) is 2.81. The lowest BCUT2D eigenvalue weighted by molar-refractivity contribution is 0.0690. The number of rotatable bonds is 10. The zero-order chi connectivity index (χ0) is 14.8. The highest BCUT2D eigenvalue weighted by Crippen LogP contribution is 2.16. The highest BCUT2D eigenvalue weighted by Gasteiger charge is 2.13. The molecule has 0 spiro atoms. The normalized spacial score (nSPS) is 10.5. The van der Waals surface area contributed by atoms with Crippen LogP contribution in [0.3, 0.4) is 0 Å². The number of hydrogen-bond donors (Lipinski definition) is 2. The molecule has 1 aromatic rings. The van der Waals surface area contributed by atoms with Crippen LogP contribution in [0.5, 0.6) is 0 Å². The molecule has 20 heavy (non-hydrogen) atoms. The molecule has 112 valence electrons. The number of unbranched alkanes of at least 4 members (excludes halogenated alkanes) is 1. The van der Waals surface area contributed by atoms with Gasteiger partial charge in [-0.2, -0.15) is 0 Å². The van der Waals surface area contributed by atoms with Gasteiger partial charge in [0.25, 0.3) is 0 Å². The second-order valence-electron chi connectivity index (χ2n) is 4.40. The Morgan fingerprint density at radius 3 is 2.85 bits per heavy atom. The van der Waals surface area contributed by atoms with Crippen molar-refractivity contribution in [3.8, 4) is 0 Å². The monoisotopic (exact) mass is 282 g/mol. The lowest BCUT2D eigenvalue weighted by Gasteiger charge is -2.10. The first-order valence-corrected chi connectivity index (χ1v) is 6.66. The van der Waals surface area contributed by atoms with Crippen molar-refractivity contribution in [3.05, 3.63) is 23.4 Å². The van der Waals surface area contributed by atoms with Gasteiger partial charge in [-0.05, 0) is 31.4 Å². The number of carboxylic acids is 1. The number of hydrogen-bond acceptors (Lipinski definition) is 5. The first kappa shape index (κ1) is 16.4. The fraction of sp³-hybridized carbons (Fsp3) is 0.571. The van der Waals surface area contributed by atoms with Crippen molar-refractivity contribution in [3.63, 3.8) is 0 Å². The van der Waals surface area contributed by atoms with E-state index in [1.165, 1.54) is 0 Å². The summed E-state index contributed by atoms with van der Waals surface area (Å²) in [7, 11) is 1.64. The van der Waals surface area contributed by atoms with Crippen molar-refractivity contribution in [2.75, 3.05) is 38.8 Å². The Bertz CT molecular complexity index is 424. The zero-order valence-corrected chi connectivity index (χ0v) is 12.0. The van der Waals surface area contributed by atoms with Gasteiger partial charge >= 0.3 is 5.97 Å². The number of aromatic carboxylic acids is 1. The maximum Gasteiger partial charge on any atom is 0.339 e. The van der Waals surface area contributed by atoms with E-state index in [2.05, 4.69) is 10.3 Å². The Morgan fingerprint density at radius 2 is 2.15 bits per heavy atom. The minimum Gasteiger partial charge on any atom is -0.478 e. The SMILES string of the molecule is COCCOCCCCNc1nccc(C)c1C(=O)O. The van der Waals surface area contributed by atoms with Crippen molar-refractivity contribution in [2.45, 2.75) is 19.8 Å². The highest BCUT2D eigenvalue weighted by atomic mass is 16.5. The number of pyridine rings is 1. The molecular weight excluding hydrogens is 260 g/mol. The van der Waals surface area contributed by atoms with Gasteiger partial charge in [0.2, 0.25) is 0 Å². The van der Waals surface area contributed by atoms with Gasteiger partial charge in [0.05, 0.1) is 13.2 Å². The molecule has 1 rings (SSSR count). The van der Waals surface area contributed by atoms with Crippen LogP contribution in [0.4, 0.5) is 5.82 Å². The second-order valence-corrected chi connectivity index (χ2v) is 4.40. The summed E-state index contributed by atoms with van der Waals surface area (Å²) >= 11 is 0. The predicted octanol–water partition coefficient (Wildman–Crippen LogP) is 1.94.